The van der Waals surface area contributed by atoms with E-state index < -0.39 is 11.9 Å². The molecule has 0 radical (unpaired) electrons. The fourth-order valence-electron chi connectivity index (χ4n) is 2.26. The van der Waals surface area contributed by atoms with Crippen molar-refractivity contribution in [1.29, 1.82) is 0 Å². The van der Waals surface area contributed by atoms with Crippen molar-refractivity contribution in [3.63, 3.8) is 0 Å². The Balaban J connectivity index is 1.52. The van der Waals surface area contributed by atoms with Crippen molar-refractivity contribution < 1.29 is 28.0 Å². The van der Waals surface area contributed by atoms with Gasteiger partial charge in [0.1, 0.15) is 11.6 Å². The largest absolute Gasteiger partial charge is 0.485 e. The van der Waals surface area contributed by atoms with Crippen LogP contribution in [0.25, 0.3) is 0 Å². The molecule has 0 saturated carbocycles. The monoisotopic (exact) mass is 385 g/mol. The van der Waals surface area contributed by atoms with Crippen molar-refractivity contribution in [1.82, 2.24) is 15.5 Å². The summed E-state index contributed by atoms with van der Waals surface area (Å²) in [5, 5.41) is 6.24. The van der Waals surface area contributed by atoms with Gasteiger partial charge in [0.25, 0.3) is 0 Å². The highest BCUT2D eigenvalue weighted by atomic mass is 19.1. The number of aromatic nitrogens is 2. The Kier molecular flexibility index (Phi) is 5.95. The number of benzene rings is 2. The normalized spacial score (nSPS) is 10.4. The van der Waals surface area contributed by atoms with Crippen LogP contribution >= 0.6 is 0 Å². The van der Waals surface area contributed by atoms with Crippen LogP contribution in [0.15, 0.2) is 53.1 Å². The molecule has 0 aliphatic carbocycles. The maximum Gasteiger partial charge on any atom is 0.337 e. The number of esters is 1. The van der Waals surface area contributed by atoms with Crippen LogP contribution in [0.4, 0.5) is 4.39 Å². The fourth-order valence-corrected chi connectivity index (χ4v) is 2.26. The first-order valence-electron chi connectivity index (χ1n) is 8.21. The smallest absolute Gasteiger partial charge is 0.337 e. The number of nitrogens with zero attached hydrogens (tertiary/aromatic N) is 2. The molecular weight excluding hydrogens is 369 g/mol. The number of methoxy groups -OCH3 is 1. The van der Waals surface area contributed by atoms with Crippen LogP contribution < -0.4 is 10.1 Å². The summed E-state index contributed by atoms with van der Waals surface area (Å²) in [6.07, 6.45) is 0. The third kappa shape index (κ3) is 4.91. The summed E-state index contributed by atoms with van der Waals surface area (Å²) in [4.78, 5) is 27.4. The number of hydrogen-bond donors (Lipinski definition) is 1. The molecule has 1 heterocycles. The van der Waals surface area contributed by atoms with Gasteiger partial charge in [0.2, 0.25) is 5.82 Å². The maximum absolute atomic E-state index is 13.1. The predicted octanol–water partition coefficient (Wildman–Crippen LogP) is 2.50. The summed E-state index contributed by atoms with van der Waals surface area (Å²) in [6, 6.07) is 12.2. The Labute approximate surface area is 159 Å². The van der Waals surface area contributed by atoms with Crippen molar-refractivity contribution in [2.24, 2.45) is 0 Å². The second kappa shape index (κ2) is 8.76. The van der Waals surface area contributed by atoms with Crippen molar-refractivity contribution in [2.75, 3.05) is 7.11 Å². The number of hydrogen-bond acceptors (Lipinski definition) is 7. The molecule has 3 aromatic rings. The molecule has 0 atom stereocenters. The molecule has 0 unspecified atom stereocenters. The first kappa shape index (κ1) is 19.0. The van der Waals surface area contributed by atoms with Gasteiger partial charge in [0, 0.05) is 6.54 Å². The van der Waals surface area contributed by atoms with Crippen LogP contribution in [0.3, 0.4) is 0 Å². The third-order valence-corrected chi connectivity index (χ3v) is 3.65. The average Bonchev–Trinajstić information content (AvgIpc) is 3.19. The molecule has 8 nitrogen and oxygen atoms in total. The van der Waals surface area contributed by atoms with Gasteiger partial charge in [0.05, 0.1) is 12.7 Å². The zero-order valence-electron chi connectivity index (χ0n) is 14.8. The lowest BCUT2D eigenvalue weighted by molar-refractivity contribution is 0.0600. The molecule has 1 aromatic heterocycles. The minimum Gasteiger partial charge on any atom is -0.485 e. The van der Waals surface area contributed by atoms with Gasteiger partial charge in [-0.05, 0) is 42.0 Å². The number of carbonyl (C=O) groups excluding carboxylic acids is 2. The van der Waals surface area contributed by atoms with Gasteiger partial charge in [-0.15, -0.1) is 0 Å². The molecule has 0 aliphatic heterocycles. The van der Waals surface area contributed by atoms with Crippen LogP contribution in [0, 0.1) is 5.82 Å². The Bertz CT molecular complexity index is 972. The van der Waals surface area contributed by atoms with E-state index >= 15 is 0 Å². The summed E-state index contributed by atoms with van der Waals surface area (Å²) in [5.41, 5.74) is 0.999. The molecule has 2 aromatic carbocycles. The van der Waals surface area contributed by atoms with Gasteiger partial charge in [-0.2, -0.15) is 4.98 Å². The van der Waals surface area contributed by atoms with E-state index in [-0.39, 0.29) is 30.7 Å². The van der Waals surface area contributed by atoms with Gasteiger partial charge >= 0.3 is 17.8 Å². The topological polar surface area (TPSA) is 104 Å². The molecular formula is C19H16FN3O5. The van der Waals surface area contributed by atoms with E-state index in [4.69, 9.17) is 9.26 Å². The second-order valence-corrected chi connectivity index (χ2v) is 5.63. The molecule has 0 bridgehead atoms. The first-order valence-corrected chi connectivity index (χ1v) is 8.21. The minimum atomic E-state index is -0.578. The van der Waals surface area contributed by atoms with Crippen molar-refractivity contribution in [3.8, 4) is 5.75 Å². The van der Waals surface area contributed by atoms with Crippen LogP contribution in [0.5, 0.6) is 5.75 Å². The molecule has 0 aliphatic rings. The van der Waals surface area contributed by atoms with Gasteiger partial charge < -0.3 is 19.3 Å². The Morgan fingerprint density at radius 1 is 1.18 bits per heavy atom. The Morgan fingerprint density at radius 2 is 1.96 bits per heavy atom. The number of nitrogens with one attached hydrogen (secondary N) is 1. The average molecular weight is 385 g/mol. The molecule has 1 amide bonds. The SMILES string of the molecule is COC(=O)c1ccc(OCc2noc(C(=O)NCc3cccc(F)c3)n2)cc1. The van der Waals surface area contributed by atoms with Gasteiger partial charge in [-0.1, -0.05) is 17.3 Å². The van der Waals surface area contributed by atoms with Gasteiger partial charge in [-0.25, -0.2) is 9.18 Å². The standard InChI is InChI=1S/C19H16FN3O5/c1-26-19(25)13-5-7-15(8-6-13)27-11-16-22-18(28-23-16)17(24)21-10-12-3-2-4-14(20)9-12/h2-9H,10-11H2,1H3,(H,21,24). The number of halogens is 1. The van der Waals surface area contributed by atoms with E-state index in [2.05, 4.69) is 20.2 Å². The molecule has 28 heavy (non-hydrogen) atoms. The summed E-state index contributed by atoms with van der Waals surface area (Å²) in [5.74, 6) is -0.980. The third-order valence-electron chi connectivity index (χ3n) is 3.65. The molecule has 144 valence electrons. The Morgan fingerprint density at radius 3 is 2.68 bits per heavy atom. The van der Waals surface area contributed by atoms with E-state index in [9.17, 15) is 14.0 Å². The lowest BCUT2D eigenvalue weighted by Crippen LogP contribution is -2.23. The molecule has 0 spiro atoms. The van der Waals surface area contributed by atoms with E-state index in [0.717, 1.165) is 0 Å². The number of amides is 1. The highest BCUT2D eigenvalue weighted by Crippen LogP contribution is 2.14. The number of carbonyl (C=O) groups is 2. The fraction of sp³-hybridized carbons (Fsp3) is 0.158. The highest BCUT2D eigenvalue weighted by Gasteiger charge is 2.15. The summed E-state index contributed by atoms with van der Waals surface area (Å²) in [6.45, 7) is 0.0929. The van der Waals surface area contributed by atoms with E-state index in [1.165, 1.54) is 19.2 Å². The lowest BCUT2D eigenvalue weighted by Gasteiger charge is -2.04. The van der Waals surface area contributed by atoms with E-state index in [0.29, 0.717) is 16.9 Å². The van der Waals surface area contributed by atoms with Crippen molar-refractivity contribution in [2.45, 2.75) is 13.2 Å². The van der Waals surface area contributed by atoms with Crippen LogP contribution in [-0.4, -0.2) is 29.1 Å². The van der Waals surface area contributed by atoms with Crippen LogP contribution in [0.1, 0.15) is 32.4 Å². The highest BCUT2D eigenvalue weighted by molar-refractivity contribution is 5.89. The molecule has 3 rings (SSSR count). The molecule has 1 N–H and O–H groups in total. The Hall–Kier alpha value is -3.75. The quantitative estimate of drug-likeness (QED) is 0.623. The van der Waals surface area contributed by atoms with Crippen LogP contribution in [0.2, 0.25) is 0 Å². The molecule has 9 heteroatoms. The van der Waals surface area contributed by atoms with E-state index in [1.807, 2.05) is 0 Å². The van der Waals surface area contributed by atoms with Gasteiger partial charge in [-0.3, -0.25) is 4.79 Å². The molecule has 0 fully saturated rings. The van der Waals surface area contributed by atoms with Gasteiger partial charge in [0.15, 0.2) is 6.61 Å². The zero-order chi connectivity index (χ0) is 19.9. The molecule has 0 saturated heterocycles. The number of ether oxygens (including phenoxy) is 2. The van der Waals surface area contributed by atoms with Crippen molar-refractivity contribution >= 4 is 11.9 Å². The second-order valence-electron chi connectivity index (χ2n) is 5.63. The lowest BCUT2D eigenvalue weighted by atomic mass is 10.2. The zero-order valence-corrected chi connectivity index (χ0v) is 14.8. The summed E-state index contributed by atoms with van der Waals surface area (Å²) >= 11 is 0. The predicted molar refractivity (Wildman–Crippen MR) is 94.0 cm³/mol. The first-order chi connectivity index (χ1) is 13.5. The van der Waals surface area contributed by atoms with Crippen LogP contribution in [-0.2, 0) is 17.9 Å². The van der Waals surface area contributed by atoms with Crippen molar-refractivity contribution in [3.05, 3.63) is 77.2 Å². The van der Waals surface area contributed by atoms with E-state index in [1.54, 1.807) is 36.4 Å². The maximum atomic E-state index is 13.1. The summed E-state index contributed by atoms with van der Waals surface area (Å²) < 4.78 is 28.1. The number of rotatable bonds is 7. The summed E-state index contributed by atoms with van der Waals surface area (Å²) in [7, 11) is 1.30. The minimum absolute atomic E-state index is 0.0295.